The van der Waals surface area contributed by atoms with Gasteiger partial charge in [-0.15, -0.1) is 0 Å². The Morgan fingerprint density at radius 2 is 1.69 bits per heavy atom. The van der Waals surface area contributed by atoms with Gasteiger partial charge in [-0.1, -0.05) is 42.5 Å². The highest BCUT2D eigenvalue weighted by molar-refractivity contribution is 5.84. The van der Waals surface area contributed by atoms with Crippen LogP contribution in [-0.2, 0) is 11.2 Å². The minimum absolute atomic E-state index is 0.00693. The number of aromatic nitrogens is 1. The van der Waals surface area contributed by atoms with Gasteiger partial charge in [0, 0.05) is 29.6 Å². The fraction of sp³-hybridized carbons (Fsp3) is 0.222. The molecule has 0 bridgehead atoms. The molecule has 1 unspecified atom stereocenters. The van der Waals surface area contributed by atoms with Crippen LogP contribution in [0.1, 0.15) is 29.5 Å². The molecule has 164 valence electrons. The number of nitrogens with one attached hydrogen (secondary N) is 2. The molecule has 0 saturated carbocycles. The average Bonchev–Trinajstić information content (AvgIpc) is 3.25. The Morgan fingerprint density at radius 3 is 2.41 bits per heavy atom. The molecular formula is C27H28N2O3. The second kappa shape index (κ2) is 10.1. The molecule has 0 saturated heterocycles. The molecule has 0 spiro atoms. The van der Waals surface area contributed by atoms with E-state index in [0.29, 0.717) is 19.6 Å². The van der Waals surface area contributed by atoms with Gasteiger partial charge in [0.1, 0.15) is 11.5 Å². The second-order valence-electron chi connectivity index (χ2n) is 7.67. The maximum atomic E-state index is 12.7. The van der Waals surface area contributed by atoms with Crippen LogP contribution in [0.15, 0.2) is 79.0 Å². The largest absolute Gasteiger partial charge is 0.497 e. The highest BCUT2D eigenvalue weighted by Gasteiger charge is 2.19. The standard InChI is InChI=1S/C27H28N2O3/c1-3-32-22-12-8-19(9-13-22)16-27(30)29-17-24(20-10-14-21(31-2)15-11-20)25-18-28-26-7-5-4-6-23(25)26/h4-15,18,24,28H,3,16-17H2,1-2H3,(H,29,30). The summed E-state index contributed by atoms with van der Waals surface area (Å²) in [5.74, 6) is 1.63. The number of methoxy groups -OCH3 is 1. The number of hydrogen-bond acceptors (Lipinski definition) is 3. The molecule has 0 fully saturated rings. The third-order valence-electron chi connectivity index (χ3n) is 5.62. The molecular weight excluding hydrogens is 400 g/mol. The summed E-state index contributed by atoms with van der Waals surface area (Å²) in [6.45, 7) is 3.08. The number of amides is 1. The molecule has 1 aromatic heterocycles. The third kappa shape index (κ3) is 4.94. The van der Waals surface area contributed by atoms with Crippen LogP contribution in [0.5, 0.6) is 11.5 Å². The summed E-state index contributed by atoms with van der Waals surface area (Å²) in [7, 11) is 1.66. The number of ether oxygens (including phenoxy) is 2. The van der Waals surface area contributed by atoms with Crippen molar-refractivity contribution < 1.29 is 14.3 Å². The Labute approximate surface area is 188 Å². The molecule has 1 amide bonds. The molecule has 1 atom stereocenters. The Hall–Kier alpha value is -3.73. The lowest BCUT2D eigenvalue weighted by molar-refractivity contribution is -0.120. The van der Waals surface area contributed by atoms with Crippen LogP contribution in [-0.4, -0.2) is 31.2 Å². The van der Waals surface area contributed by atoms with Crippen molar-refractivity contribution in [3.05, 3.63) is 95.7 Å². The number of para-hydroxylation sites is 1. The summed E-state index contributed by atoms with van der Waals surface area (Å²) >= 11 is 0. The van der Waals surface area contributed by atoms with Crippen molar-refractivity contribution in [3.63, 3.8) is 0 Å². The van der Waals surface area contributed by atoms with E-state index in [1.807, 2.05) is 61.7 Å². The first-order valence-electron chi connectivity index (χ1n) is 10.9. The van der Waals surface area contributed by atoms with E-state index in [-0.39, 0.29) is 11.8 Å². The smallest absolute Gasteiger partial charge is 0.224 e. The zero-order valence-electron chi connectivity index (χ0n) is 18.4. The summed E-state index contributed by atoms with van der Waals surface area (Å²) in [4.78, 5) is 16.1. The number of rotatable bonds is 9. The van der Waals surface area contributed by atoms with Crippen molar-refractivity contribution in [3.8, 4) is 11.5 Å². The van der Waals surface area contributed by atoms with E-state index in [1.165, 1.54) is 0 Å². The number of carbonyl (C=O) groups is 1. The van der Waals surface area contributed by atoms with Crippen molar-refractivity contribution in [2.24, 2.45) is 0 Å². The topological polar surface area (TPSA) is 63.4 Å². The first-order valence-corrected chi connectivity index (χ1v) is 10.9. The Morgan fingerprint density at radius 1 is 0.969 bits per heavy atom. The third-order valence-corrected chi connectivity index (χ3v) is 5.62. The predicted octanol–water partition coefficient (Wildman–Crippen LogP) is 5.07. The van der Waals surface area contributed by atoms with E-state index in [1.54, 1.807) is 7.11 Å². The summed E-state index contributed by atoms with van der Waals surface area (Å²) in [6, 6.07) is 23.9. The van der Waals surface area contributed by atoms with Crippen LogP contribution >= 0.6 is 0 Å². The predicted molar refractivity (Wildman–Crippen MR) is 127 cm³/mol. The molecule has 0 radical (unpaired) electrons. The maximum Gasteiger partial charge on any atom is 0.224 e. The van der Waals surface area contributed by atoms with Crippen molar-refractivity contribution in [1.82, 2.24) is 10.3 Å². The number of carbonyl (C=O) groups excluding carboxylic acids is 1. The van der Waals surface area contributed by atoms with Gasteiger partial charge in [0.2, 0.25) is 5.91 Å². The van der Waals surface area contributed by atoms with Gasteiger partial charge in [-0.25, -0.2) is 0 Å². The molecule has 32 heavy (non-hydrogen) atoms. The van der Waals surface area contributed by atoms with Gasteiger partial charge in [0.15, 0.2) is 0 Å². The normalized spacial score (nSPS) is 11.8. The summed E-state index contributed by atoms with van der Waals surface area (Å²) < 4.78 is 10.8. The van der Waals surface area contributed by atoms with E-state index in [4.69, 9.17) is 9.47 Å². The van der Waals surface area contributed by atoms with Gasteiger partial charge >= 0.3 is 0 Å². The van der Waals surface area contributed by atoms with E-state index in [2.05, 4.69) is 34.6 Å². The van der Waals surface area contributed by atoms with Crippen LogP contribution in [0.3, 0.4) is 0 Å². The minimum Gasteiger partial charge on any atom is -0.497 e. The van der Waals surface area contributed by atoms with Crippen molar-refractivity contribution in [1.29, 1.82) is 0 Å². The molecule has 0 aliphatic rings. The second-order valence-corrected chi connectivity index (χ2v) is 7.67. The number of aromatic amines is 1. The fourth-order valence-corrected chi connectivity index (χ4v) is 3.96. The van der Waals surface area contributed by atoms with Crippen LogP contribution in [0.2, 0.25) is 0 Å². The lowest BCUT2D eigenvalue weighted by Crippen LogP contribution is -2.30. The summed E-state index contributed by atoms with van der Waals surface area (Å²) in [5, 5.41) is 4.30. The lowest BCUT2D eigenvalue weighted by Gasteiger charge is -2.19. The molecule has 0 aliphatic carbocycles. The molecule has 0 aliphatic heterocycles. The molecule has 5 heteroatoms. The monoisotopic (exact) mass is 428 g/mol. The Bertz CT molecular complexity index is 1160. The van der Waals surface area contributed by atoms with Gasteiger partial charge in [0.25, 0.3) is 0 Å². The molecule has 3 aromatic carbocycles. The molecule has 4 aromatic rings. The minimum atomic E-state index is -0.00693. The first-order chi connectivity index (χ1) is 15.7. The number of H-pyrrole nitrogens is 1. The Balaban J connectivity index is 1.51. The van der Waals surface area contributed by atoms with Crippen molar-refractivity contribution in [2.45, 2.75) is 19.3 Å². The molecule has 4 rings (SSSR count). The molecule has 1 heterocycles. The zero-order chi connectivity index (χ0) is 22.3. The molecule has 2 N–H and O–H groups in total. The molecule has 5 nitrogen and oxygen atoms in total. The highest BCUT2D eigenvalue weighted by atomic mass is 16.5. The van der Waals surface area contributed by atoms with E-state index in [9.17, 15) is 4.79 Å². The van der Waals surface area contributed by atoms with E-state index >= 15 is 0 Å². The lowest BCUT2D eigenvalue weighted by atomic mass is 9.90. The van der Waals surface area contributed by atoms with Gasteiger partial charge in [-0.05, 0) is 53.9 Å². The van der Waals surface area contributed by atoms with Crippen molar-refractivity contribution >= 4 is 16.8 Å². The number of benzene rings is 3. The van der Waals surface area contributed by atoms with Gasteiger partial charge in [-0.2, -0.15) is 0 Å². The summed E-state index contributed by atoms with van der Waals surface area (Å²) in [5.41, 5.74) is 4.32. The quantitative estimate of drug-likeness (QED) is 0.391. The summed E-state index contributed by atoms with van der Waals surface area (Å²) in [6.07, 6.45) is 2.37. The maximum absolute atomic E-state index is 12.7. The van der Waals surface area contributed by atoms with Gasteiger partial charge in [0.05, 0.1) is 20.1 Å². The highest BCUT2D eigenvalue weighted by Crippen LogP contribution is 2.31. The van der Waals surface area contributed by atoms with E-state index in [0.717, 1.165) is 39.1 Å². The average molecular weight is 429 g/mol. The van der Waals surface area contributed by atoms with E-state index < -0.39 is 0 Å². The van der Waals surface area contributed by atoms with Crippen LogP contribution in [0.25, 0.3) is 10.9 Å². The van der Waals surface area contributed by atoms with Crippen molar-refractivity contribution in [2.75, 3.05) is 20.3 Å². The number of hydrogen-bond donors (Lipinski definition) is 2. The zero-order valence-corrected chi connectivity index (χ0v) is 18.4. The SMILES string of the molecule is CCOc1ccc(CC(=O)NCC(c2ccc(OC)cc2)c2c[nH]c3ccccc23)cc1. The first kappa shape index (κ1) is 21.5. The van der Waals surface area contributed by atoms with Gasteiger partial charge in [-0.3, -0.25) is 4.79 Å². The Kier molecular flexibility index (Phi) is 6.75. The fourth-order valence-electron chi connectivity index (χ4n) is 3.96. The van der Waals surface area contributed by atoms with Crippen LogP contribution in [0, 0.1) is 0 Å². The van der Waals surface area contributed by atoms with Crippen LogP contribution in [0.4, 0.5) is 0 Å². The number of fused-ring (bicyclic) bond motifs is 1. The van der Waals surface area contributed by atoms with Crippen LogP contribution < -0.4 is 14.8 Å². The van der Waals surface area contributed by atoms with Gasteiger partial charge < -0.3 is 19.8 Å².